The Labute approximate surface area is 119 Å². The maximum absolute atomic E-state index is 12.0. The third-order valence-corrected chi connectivity index (χ3v) is 3.91. The Morgan fingerprint density at radius 1 is 1.30 bits per heavy atom. The summed E-state index contributed by atoms with van der Waals surface area (Å²) in [6.07, 6.45) is 0. The molecular weight excluding hydrogens is 274 g/mol. The second kappa shape index (κ2) is 5.13. The fraction of sp³-hybridized carbons (Fsp3) is 0.214. The van der Waals surface area contributed by atoms with E-state index < -0.39 is 0 Å². The molecule has 0 fully saturated rings. The molecule has 3 aromatic rings. The average molecular weight is 288 g/mol. The number of fused-ring (bicyclic) bond motifs is 1. The molecule has 1 N–H and O–H groups in total. The van der Waals surface area contributed by atoms with Crippen LogP contribution in [0.3, 0.4) is 0 Å². The first kappa shape index (κ1) is 12.9. The van der Waals surface area contributed by atoms with Crippen LogP contribution < -0.4 is 10.2 Å². The van der Waals surface area contributed by atoms with Crippen LogP contribution in [-0.4, -0.2) is 10.3 Å². The molecule has 0 saturated carbocycles. The SMILES string of the molecule is CC(C)[n+]1noc2[nH]c(=O)c(Sc3ccccc3)cc21. The number of hydrogen-bond donors (Lipinski definition) is 1. The van der Waals surface area contributed by atoms with Crippen molar-refractivity contribution in [2.75, 3.05) is 0 Å². The van der Waals surface area contributed by atoms with Gasteiger partial charge in [-0.15, -0.1) is 0 Å². The van der Waals surface area contributed by atoms with Gasteiger partial charge in [-0.1, -0.05) is 30.0 Å². The van der Waals surface area contributed by atoms with Crippen molar-refractivity contribution in [3.05, 3.63) is 46.8 Å². The largest absolute Gasteiger partial charge is 0.310 e. The molecule has 20 heavy (non-hydrogen) atoms. The summed E-state index contributed by atoms with van der Waals surface area (Å²) in [4.78, 5) is 16.4. The fourth-order valence-corrected chi connectivity index (χ4v) is 2.78. The van der Waals surface area contributed by atoms with Gasteiger partial charge in [0.25, 0.3) is 11.1 Å². The van der Waals surface area contributed by atoms with E-state index in [-0.39, 0.29) is 11.6 Å². The Bertz CT molecular complexity index is 793. The number of hydrogen-bond acceptors (Lipinski definition) is 4. The second-order valence-electron chi connectivity index (χ2n) is 4.70. The molecule has 0 radical (unpaired) electrons. The quantitative estimate of drug-likeness (QED) is 0.752. The predicted octanol–water partition coefficient (Wildman–Crippen LogP) is 2.54. The Hall–Kier alpha value is -2.08. The summed E-state index contributed by atoms with van der Waals surface area (Å²) in [5.41, 5.74) is 1.03. The van der Waals surface area contributed by atoms with Gasteiger partial charge in [0.1, 0.15) is 0 Å². The van der Waals surface area contributed by atoms with E-state index in [1.54, 1.807) is 4.68 Å². The van der Waals surface area contributed by atoms with E-state index in [0.717, 1.165) is 10.4 Å². The monoisotopic (exact) mass is 288 g/mol. The minimum absolute atomic E-state index is 0.164. The number of nitrogens with zero attached hydrogens (tertiary/aromatic N) is 2. The lowest BCUT2D eigenvalue weighted by Crippen LogP contribution is -2.38. The lowest BCUT2D eigenvalue weighted by atomic mass is 10.3. The van der Waals surface area contributed by atoms with E-state index in [4.69, 9.17) is 4.52 Å². The molecule has 0 aliphatic rings. The van der Waals surface area contributed by atoms with Crippen molar-refractivity contribution in [2.24, 2.45) is 0 Å². The number of aromatic nitrogens is 3. The highest BCUT2D eigenvalue weighted by molar-refractivity contribution is 7.99. The molecule has 2 heterocycles. The summed E-state index contributed by atoms with van der Waals surface area (Å²) >= 11 is 1.43. The molecule has 0 aliphatic heterocycles. The Balaban J connectivity index is 2.09. The first-order valence-electron chi connectivity index (χ1n) is 6.32. The summed E-state index contributed by atoms with van der Waals surface area (Å²) in [6, 6.07) is 11.8. The molecule has 6 heteroatoms. The highest BCUT2D eigenvalue weighted by atomic mass is 32.2. The summed E-state index contributed by atoms with van der Waals surface area (Å²) in [6.45, 7) is 4.02. The second-order valence-corrected chi connectivity index (χ2v) is 5.82. The topological polar surface area (TPSA) is 62.8 Å². The number of aromatic amines is 1. The van der Waals surface area contributed by atoms with Crippen LogP contribution in [0, 0.1) is 0 Å². The van der Waals surface area contributed by atoms with Gasteiger partial charge in [-0.25, -0.2) is 0 Å². The van der Waals surface area contributed by atoms with E-state index in [9.17, 15) is 4.79 Å². The summed E-state index contributed by atoms with van der Waals surface area (Å²) in [5, 5.41) is 3.95. The van der Waals surface area contributed by atoms with Crippen LogP contribution in [0.4, 0.5) is 0 Å². The highest BCUT2D eigenvalue weighted by Crippen LogP contribution is 2.25. The van der Waals surface area contributed by atoms with Crippen molar-refractivity contribution in [1.82, 2.24) is 10.3 Å². The van der Waals surface area contributed by atoms with E-state index in [0.29, 0.717) is 10.6 Å². The standard InChI is InChI=1S/C14H13N3O2S/c1-9(2)17-11-8-12(13(18)15-14(11)19-16-17)20-10-6-4-3-5-7-10/h3-9H,1-2H3/p+1. The lowest BCUT2D eigenvalue weighted by molar-refractivity contribution is -0.758. The van der Waals surface area contributed by atoms with Gasteiger partial charge in [0.2, 0.25) is 5.27 Å². The van der Waals surface area contributed by atoms with Crippen LogP contribution in [0.1, 0.15) is 19.9 Å². The van der Waals surface area contributed by atoms with Gasteiger partial charge in [0.15, 0.2) is 6.04 Å². The van der Waals surface area contributed by atoms with E-state index in [1.165, 1.54) is 11.8 Å². The molecule has 0 bridgehead atoms. The third kappa shape index (κ3) is 2.34. The zero-order valence-electron chi connectivity index (χ0n) is 11.2. The van der Waals surface area contributed by atoms with Gasteiger partial charge < -0.3 is 0 Å². The molecule has 0 spiro atoms. The van der Waals surface area contributed by atoms with Crippen LogP contribution in [0.15, 0.2) is 55.5 Å². The van der Waals surface area contributed by atoms with Crippen molar-refractivity contribution in [1.29, 1.82) is 0 Å². The van der Waals surface area contributed by atoms with Gasteiger partial charge in [0, 0.05) is 24.8 Å². The number of rotatable bonds is 3. The first-order valence-corrected chi connectivity index (χ1v) is 7.14. The van der Waals surface area contributed by atoms with Crippen molar-refractivity contribution in [3.63, 3.8) is 0 Å². The molecule has 3 rings (SSSR count). The molecule has 0 unspecified atom stereocenters. The van der Waals surface area contributed by atoms with Crippen LogP contribution in [0.2, 0.25) is 0 Å². The predicted molar refractivity (Wildman–Crippen MR) is 75.8 cm³/mol. The summed E-state index contributed by atoms with van der Waals surface area (Å²) < 4.78 is 6.89. The van der Waals surface area contributed by atoms with Gasteiger partial charge in [0.05, 0.1) is 4.90 Å². The molecule has 2 aromatic heterocycles. The van der Waals surface area contributed by atoms with Crippen molar-refractivity contribution in [3.8, 4) is 0 Å². The van der Waals surface area contributed by atoms with Gasteiger partial charge in [-0.3, -0.25) is 14.3 Å². The van der Waals surface area contributed by atoms with Gasteiger partial charge >= 0.3 is 5.71 Å². The zero-order valence-corrected chi connectivity index (χ0v) is 12.0. The lowest BCUT2D eigenvalue weighted by Gasteiger charge is -1.99. The maximum Gasteiger partial charge on any atom is 0.310 e. The summed E-state index contributed by atoms with van der Waals surface area (Å²) in [5.74, 6) is 0. The Morgan fingerprint density at radius 3 is 2.75 bits per heavy atom. The fourth-order valence-electron chi connectivity index (χ4n) is 1.92. The number of pyridine rings is 1. The van der Waals surface area contributed by atoms with Gasteiger partial charge in [-0.05, 0) is 16.8 Å². The van der Waals surface area contributed by atoms with E-state index in [1.807, 2.05) is 50.2 Å². The molecule has 5 nitrogen and oxygen atoms in total. The normalized spacial score (nSPS) is 11.3. The first-order chi connectivity index (χ1) is 9.65. The maximum atomic E-state index is 12.0. The molecule has 0 aliphatic carbocycles. The number of nitrogens with one attached hydrogen (secondary N) is 1. The molecular formula is C14H14N3O2S+. The Kier molecular flexibility index (Phi) is 3.31. The van der Waals surface area contributed by atoms with E-state index in [2.05, 4.69) is 10.3 Å². The van der Waals surface area contributed by atoms with Crippen LogP contribution >= 0.6 is 11.8 Å². The van der Waals surface area contributed by atoms with Crippen LogP contribution in [0.25, 0.3) is 11.2 Å². The zero-order chi connectivity index (χ0) is 14.1. The minimum atomic E-state index is -0.168. The third-order valence-electron chi connectivity index (χ3n) is 2.88. The van der Waals surface area contributed by atoms with Crippen molar-refractivity contribution >= 4 is 23.0 Å². The smallest absolute Gasteiger partial charge is 0.284 e. The van der Waals surface area contributed by atoms with Crippen molar-refractivity contribution in [2.45, 2.75) is 29.7 Å². The average Bonchev–Trinajstić information content (AvgIpc) is 2.83. The highest BCUT2D eigenvalue weighted by Gasteiger charge is 2.22. The van der Waals surface area contributed by atoms with E-state index >= 15 is 0 Å². The number of H-pyrrole nitrogens is 1. The van der Waals surface area contributed by atoms with Crippen molar-refractivity contribution < 1.29 is 9.20 Å². The van der Waals surface area contributed by atoms with Crippen LogP contribution in [-0.2, 0) is 0 Å². The van der Waals surface area contributed by atoms with Gasteiger partial charge in [-0.2, -0.15) is 0 Å². The molecule has 0 atom stereocenters. The molecule has 0 amide bonds. The molecule has 0 saturated heterocycles. The number of benzene rings is 1. The Morgan fingerprint density at radius 2 is 2.05 bits per heavy atom. The van der Waals surface area contributed by atoms with Crippen LogP contribution in [0.5, 0.6) is 0 Å². The minimum Gasteiger partial charge on any atom is -0.284 e. The molecule has 1 aromatic carbocycles. The summed E-state index contributed by atoms with van der Waals surface area (Å²) in [7, 11) is 0. The molecule has 102 valence electrons.